The van der Waals surface area contributed by atoms with Crippen LogP contribution in [0.5, 0.6) is 0 Å². The van der Waals surface area contributed by atoms with Crippen LogP contribution in [0.25, 0.3) is 10.9 Å². The van der Waals surface area contributed by atoms with Gasteiger partial charge in [-0.3, -0.25) is 9.59 Å². The van der Waals surface area contributed by atoms with Gasteiger partial charge in [0, 0.05) is 25.9 Å². The zero-order valence-corrected chi connectivity index (χ0v) is 13.2. The SMILES string of the molecule is O=C(Cn1nnc2ccccc2c1=O)N1CCC2(CC1)OCCO2. The molecule has 4 rings (SSSR count). The van der Waals surface area contributed by atoms with Crippen LogP contribution in [0.2, 0.25) is 0 Å². The zero-order chi connectivity index (χ0) is 16.6. The molecule has 2 aliphatic heterocycles. The number of carbonyl (C=O) groups is 1. The highest BCUT2D eigenvalue weighted by Crippen LogP contribution is 2.31. The van der Waals surface area contributed by atoms with Crippen molar-refractivity contribution in [3.63, 3.8) is 0 Å². The Balaban J connectivity index is 1.47. The molecule has 1 aromatic heterocycles. The van der Waals surface area contributed by atoms with Gasteiger partial charge in [0.1, 0.15) is 12.1 Å². The first kappa shape index (κ1) is 15.2. The van der Waals surface area contributed by atoms with Crippen molar-refractivity contribution < 1.29 is 14.3 Å². The van der Waals surface area contributed by atoms with Gasteiger partial charge in [-0.1, -0.05) is 17.3 Å². The highest BCUT2D eigenvalue weighted by molar-refractivity contribution is 5.78. The third-order valence-corrected chi connectivity index (χ3v) is 4.61. The van der Waals surface area contributed by atoms with Gasteiger partial charge in [0.25, 0.3) is 5.56 Å². The quantitative estimate of drug-likeness (QED) is 0.779. The number of fused-ring (bicyclic) bond motifs is 1. The summed E-state index contributed by atoms with van der Waals surface area (Å²) in [5.41, 5.74) is 0.228. The molecule has 1 aromatic carbocycles. The second-order valence-corrected chi connectivity index (χ2v) is 6.06. The summed E-state index contributed by atoms with van der Waals surface area (Å²) in [5, 5.41) is 8.33. The molecule has 24 heavy (non-hydrogen) atoms. The molecule has 1 amide bonds. The number of benzene rings is 1. The minimum atomic E-state index is -0.517. The van der Waals surface area contributed by atoms with Crippen LogP contribution in [0, 0.1) is 0 Å². The lowest BCUT2D eigenvalue weighted by Crippen LogP contribution is -2.48. The van der Waals surface area contributed by atoms with E-state index in [1.807, 2.05) is 0 Å². The summed E-state index contributed by atoms with van der Waals surface area (Å²) in [6, 6.07) is 6.97. The van der Waals surface area contributed by atoms with Crippen LogP contribution in [0.3, 0.4) is 0 Å². The lowest BCUT2D eigenvalue weighted by molar-refractivity contribution is -0.187. The normalized spacial score (nSPS) is 19.9. The van der Waals surface area contributed by atoms with Crippen LogP contribution in [0.1, 0.15) is 12.8 Å². The van der Waals surface area contributed by atoms with E-state index in [4.69, 9.17) is 9.47 Å². The number of carbonyl (C=O) groups excluding carboxylic acids is 1. The molecule has 3 heterocycles. The minimum absolute atomic E-state index is 0.106. The topological polar surface area (TPSA) is 86.5 Å². The largest absolute Gasteiger partial charge is 0.347 e. The maximum atomic E-state index is 12.5. The maximum Gasteiger partial charge on any atom is 0.278 e. The molecular formula is C16H18N4O4. The monoisotopic (exact) mass is 330 g/mol. The van der Waals surface area contributed by atoms with Crippen molar-refractivity contribution in [3.8, 4) is 0 Å². The number of piperidine rings is 1. The number of hydrogen-bond acceptors (Lipinski definition) is 6. The van der Waals surface area contributed by atoms with Gasteiger partial charge in [0.05, 0.1) is 18.6 Å². The van der Waals surface area contributed by atoms with E-state index in [1.165, 1.54) is 0 Å². The van der Waals surface area contributed by atoms with Gasteiger partial charge in [-0.15, -0.1) is 5.10 Å². The average molecular weight is 330 g/mol. The molecule has 0 aliphatic carbocycles. The standard InChI is InChI=1S/C16H18N4O4/c21-14(19-7-5-16(6-8-19)23-9-10-24-16)11-20-15(22)12-3-1-2-4-13(12)17-18-20/h1-4H,5-11H2. The van der Waals surface area contributed by atoms with Crippen molar-refractivity contribution in [1.29, 1.82) is 0 Å². The first-order valence-electron chi connectivity index (χ1n) is 8.05. The van der Waals surface area contributed by atoms with E-state index in [2.05, 4.69) is 10.3 Å². The third kappa shape index (κ3) is 2.67. The van der Waals surface area contributed by atoms with Crippen LogP contribution in [0.15, 0.2) is 29.1 Å². The number of hydrogen-bond donors (Lipinski definition) is 0. The summed E-state index contributed by atoms with van der Waals surface area (Å²) in [7, 11) is 0. The van der Waals surface area contributed by atoms with E-state index in [9.17, 15) is 9.59 Å². The Hall–Kier alpha value is -2.32. The Kier molecular flexibility index (Phi) is 3.78. The van der Waals surface area contributed by atoms with Gasteiger partial charge in [-0.2, -0.15) is 0 Å². The lowest BCUT2D eigenvalue weighted by Gasteiger charge is -2.37. The molecule has 1 spiro atoms. The highest BCUT2D eigenvalue weighted by atomic mass is 16.7. The van der Waals surface area contributed by atoms with Crippen molar-refractivity contribution in [2.45, 2.75) is 25.2 Å². The molecule has 2 saturated heterocycles. The van der Waals surface area contributed by atoms with Crippen molar-refractivity contribution >= 4 is 16.8 Å². The number of amides is 1. The fourth-order valence-corrected chi connectivity index (χ4v) is 3.24. The Bertz CT molecular complexity index is 818. The van der Waals surface area contributed by atoms with Gasteiger partial charge in [0.15, 0.2) is 5.79 Å². The van der Waals surface area contributed by atoms with E-state index < -0.39 is 5.79 Å². The average Bonchev–Trinajstić information content (AvgIpc) is 3.06. The third-order valence-electron chi connectivity index (χ3n) is 4.61. The summed E-state index contributed by atoms with van der Waals surface area (Å²) in [6.45, 7) is 2.21. The zero-order valence-electron chi connectivity index (χ0n) is 13.2. The van der Waals surface area contributed by atoms with E-state index in [1.54, 1.807) is 29.2 Å². The van der Waals surface area contributed by atoms with E-state index >= 15 is 0 Å². The number of rotatable bonds is 2. The maximum absolute atomic E-state index is 12.5. The van der Waals surface area contributed by atoms with Gasteiger partial charge in [0.2, 0.25) is 5.91 Å². The number of likely N-dealkylation sites (tertiary alicyclic amines) is 1. The van der Waals surface area contributed by atoms with Crippen LogP contribution in [0.4, 0.5) is 0 Å². The molecule has 0 N–H and O–H groups in total. The molecule has 0 saturated carbocycles. The van der Waals surface area contributed by atoms with Gasteiger partial charge in [-0.05, 0) is 12.1 Å². The van der Waals surface area contributed by atoms with Crippen LogP contribution in [-0.2, 0) is 20.8 Å². The summed E-state index contributed by atoms with van der Waals surface area (Å²) in [4.78, 5) is 26.6. The first-order chi connectivity index (χ1) is 11.7. The summed E-state index contributed by atoms with van der Waals surface area (Å²) < 4.78 is 12.4. The summed E-state index contributed by atoms with van der Waals surface area (Å²) in [5.74, 6) is -0.661. The van der Waals surface area contributed by atoms with Crippen molar-refractivity contribution in [2.24, 2.45) is 0 Å². The molecule has 2 fully saturated rings. The van der Waals surface area contributed by atoms with Gasteiger partial charge >= 0.3 is 0 Å². The Morgan fingerprint density at radius 3 is 2.62 bits per heavy atom. The van der Waals surface area contributed by atoms with Gasteiger partial charge in [-0.25, -0.2) is 4.68 Å². The van der Waals surface area contributed by atoms with Crippen LogP contribution in [-0.4, -0.2) is 57.9 Å². The molecule has 2 aromatic rings. The molecule has 2 aliphatic rings. The molecule has 0 unspecified atom stereocenters. The van der Waals surface area contributed by atoms with Crippen LogP contribution < -0.4 is 5.56 Å². The van der Waals surface area contributed by atoms with E-state index in [-0.39, 0.29) is 18.0 Å². The number of ether oxygens (including phenoxy) is 2. The molecule has 126 valence electrons. The second-order valence-electron chi connectivity index (χ2n) is 6.06. The second kappa shape index (κ2) is 5.95. The van der Waals surface area contributed by atoms with Crippen molar-refractivity contribution in [2.75, 3.05) is 26.3 Å². The first-order valence-corrected chi connectivity index (χ1v) is 8.05. The number of nitrogens with zero attached hydrogens (tertiary/aromatic N) is 4. The summed E-state index contributed by atoms with van der Waals surface area (Å²) >= 11 is 0. The summed E-state index contributed by atoms with van der Waals surface area (Å²) in [6.07, 6.45) is 1.30. The highest BCUT2D eigenvalue weighted by Gasteiger charge is 2.40. The molecule has 8 nitrogen and oxygen atoms in total. The Morgan fingerprint density at radius 1 is 1.17 bits per heavy atom. The molecule has 0 bridgehead atoms. The van der Waals surface area contributed by atoms with E-state index in [0.29, 0.717) is 50.0 Å². The van der Waals surface area contributed by atoms with Crippen LogP contribution >= 0.6 is 0 Å². The smallest absolute Gasteiger partial charge is 0.278 e. The Labute approximate surface area is 138 Å². The number of aromatic nitrogens is 3. The predicted molar refractivity (Wildman–Crippen MR) is 84.2 cm³/mol. The van der Waals surface area contributed by atoms with Crippen molar-refractivity contribution in [1.82, 2.24) is 19.9 Å². The van der Waals surface area contributed by atoms with E-state index in [0.717, 1.165) is 4.68 Å². The fraction of sp³-hybridized carbons (Fsp3) is 0.500. The Morgan fingerprint density at radius 2 is 1.88 bits per heavy atom. The lowest BCUT2D eigenvalue weighted by atomic mass is 10.0. The molecule has 0 atom stereocenters. The van der Waals surface area contributed by atoms with Crippen molar-refractivity contribution in [3.05, 3.63) is 34.6 Å². The molecule has 8 heteroatoms. The van der Waals surface area contributed by atoms with Gasteiger partial charge < -0.3 is 14.4 Å². The minimum Gasteiger partial charge on any atom is -0.347 e. The predicted octanol–water partition coefficient (Wildman–Crippen LogP) is 0.157. The fourth-order valence-electron chi connectivity index (χ4n) is 3.24. The molecular weight excluding hydrogens is 312 g/mol. The molecule has 0 radical (unpaired) electrons.